The Balaban J connectivity index is 1.54. The van der Waals surface area contributed by atoms with Gasteiger partial charge in [-0.25, -0.2) is 4.98 Å². The van der Waals surface area contributed by atoms with E-state index in [0.717, 1.165) is 29.9 Å². The number of rotatable bonds is 3. The van der Waals surface area contributed by atoms with Gasteiger partial charge in [-0.2, -0.15) is 0 Å². The standard InChI is InChI=1S/C18H17N3O3S/c22-15-8-9-16(23)21(15)12-5-3-4-11(10-12)17(24)20-18-19-13-6-1-2-7-14(13)25-18/h3-5,10H,1-2,6-9H2,(H,19,20,24). The molecule has 0 unspecified atom stereocenters. The van der Waals surface area contributed by atoms with E-state index in [1.807, 2.05) is 0 Å². The van der Waals surface area contributed by atoms with Gasteiger partial charge in [0, 0.05) is 23.3 Å². The molecule has 1 aliphatic carbocycles. The smallest absolute Gasteiger partial charge is 0.257 e. The average molecular weight is 355 g/mol. The summed E-state index contributed by atoms with van der Waals surface area (Å²) in [6.45, 7) is 0. The fourth-order valence-corrected chi connectivity index (χ4v) is 4.27. The summed E-state index contributed by atoms with van der Waals surface area (Å²) < 4.78 is 0. The zero-order chi connectivity index (χ0) is 17.4. The molecule has 1 aliphatic heterocycles. The Bertz CT molecular complexity index is 835. The lowest BCUT2D eigenvalue weighted by Crippen LogP contribution is -2.28. The second-order valence-corrected chi connectivity index (χ2v) is 7.31. The molecule has 0 atom stereocenters. The van der Waals surface area contributed by atoms with E-state index < -0.39 is 0 Å². The maximum Gasteiger partial charge on any atom is 0.257 e. The molecule has 1 aromatic carbocycles. The maximum absolute atomic E-state index is 12.5. The molecule has 0 saturated carbocycles. The highest BCUT2D eigenvalue weighted by Crippen LogP contribution is 2.30. The third-order valence-corrected chi connectivity index (χ3v) is 5.56. The average Bonchev–Trinajstić information content (AvgIpc) is 3.17. The van der Waals surface area contributed by atoms with Gasteiger partial charge in [-0.3, -0.25) is 24.6 Å². The molecule has 0 spiro atoms. The highest BCUT2D eigenvalue weighted by Gasteiger charge is 2.30. The van der Waals surface area contributed by atoms with E-state index in [4.69, 9.17) is 0 Å². The monoisotopic (exact) mass is 355 g/mol. The van der Waals surface area contributed by atoms with E-state index in [2.05, 4.69) is 10.3 Å². The first-order chi connectivity index (χ1) is 12.1. The van der Waals surface area contributed by atoms with Crippen LogP contribution in [0.5, 0.6) is 0 Å². The lowest BCUT2D eigenvalue weighted by molar-refractivity contribution is -0.121. The maximum atomic E-state index is 12.5. The molecule has 2 aromatic rings. The van der Waals surface area contributed by atoms with Crippen LogP contribution >= 0.6 is 11.3 Å². The van der Waals surface area contributed by atoms with Gasteiger partial charge >= 0.3 is 0 Å². The van der Waals surface area contributed by atoms with Crippen LogP contribution < -0.4 is 10.2 Å². The van der Waals surface area contributed by atoms with E-state index in [0.29, 0.717) is 16.4 Å². The Morgan fingerprint density at radius 3 is 2.60 bits per heavy atom. The van der Waals surface area contributed by atoms with Gasteiger partial charge in [-0.15, -0.1) is 11.3 Å². The van der Waals surface area contributed by atoms with Gasteiger partial charge in [0.1, 0.15) is 0 Å². The fraction of sp³-hybridized carbons (Fsp3) is 0.333. The number of hydrogen-bond donors (Lipinski definition) is 1. The van der Waals surface area contributed by atoms with Crippen LogP contribution in [-0.4, -0.2) is 22.7 Å². The number of imide groups is 1. The van der Waals surface area contributed by atoms with Crippen LogP contribution in [0.15, 0.2) is 24.3 Å². The van der Waals surface area contributed by atoms with Crippen molar-refractivity contribution in [1.29, 1.82) is 0 Å². The first kappa shape index (κ1) is 16.0. The van der Waals surface area contributed by atoms with Crippen LogP contribution in [-0.2, 0) is 22.4 Å². The van der Waals surface area contributed by atoms with E-state index in [1.165, 1.54) is 22.6 Å². The molecular weight excluding hydrogens is 338 g/mol. The van der Waals surface area contributed by atoms with E-state index in [-0.39, 0.29) is 30.6 Å². The van der Waals surface area contributed by atoms with Gasteiger partial charge in [-0.05, 0) is 43.9 Å². The van der Waals surface area contributed by atoms with E-state index in [9.17, 15) is 14.4 Å². The topological polar surface area (TPSA) is 79.4 Å². The predicted molar refractivity (Wildman–Crippen MR) is 94.9 cm³/mol. The minimum atomic E-state index is -0.285. The molecule has 1 fully saturated rings. The molecule has 7 heteroatoms. The quantitative estimate of drug-likeness (QED) is 0.859. The number of anilines is 2. The highest BCUT2D eigenvalue weighted by atomic mass is 32.1. The molecule has 0 bridgehead atoms. The largest absolute Gasteiger partial charge is 0.298 e. The summed E-state index contributed by atoms with van der Waals surface area (Å²) in [5.41, 5.74) is 1.94. The van der Waals surface area contributed by atoms with Gasteiger partial charge in [0.15, 0.2) is 5.13 Å². The van der Waals surface area contributed by atoms with Crippen molar-refractivity contribution in [2.75, 3.05) is 10.2 Å². The number of aryl methyl sites for hydroxylation is 2. The first-order valence-corrected chi connectivity index (χ1v) is 9.19. The van der Waals surface area contributed by atoms with Crippen LogP contribution in [0.3, 0.4) is 0 Å². The molecule has 25 heavy (non-hydrogen) atoms. The Kier molecular flexibility index (Phi) is 4.09. The number of nitrogens with one attached hydrogen (secondary N) is 1. The van der Waals surface area contributed by atoms with Gasteiger partial charge in [-0.1, -0.05) is 6.07 Å². The number of carbonyl (C=O) groups is 3. The van der Waals surface area contributed by atoms with Crippen LogP contribution in [0, 0.1) is 0 Å². The van der Waals surface area contributed by atoms with Gasteiger partial charge in [0.2, 0.25) is 11.8 Å². The number of fused-ring (bicyclic) bond motifs is 1. The van der Waals surface area contributed by atoms with Gasteiger partial charge < -0.3 is 0 Å². The molecule has 1 N–H and O–H groups in total. The number of benzene rings is 1. The molecule has 2 heterocycles. The summed E-state index contributed by atoms with van der Waals surface area (Å²) in [5.74, 6) is -0.739. The Hall–Kier alpha value is -2.54. The second kappa shape index (κ2) is 6.40. The minimum absolute atomic E-state index is 0.222. The molecule has 6 nitrogen and oxygen atoms in total. The summed E-state index contributed by atoms with van der Waals surface area (Å²) in [6, 6.07) is 6.58. The summed E-state index contributed by atoms with van der Waals surface area (Å²) in [5, 5.41) is 3.44. The third-order valence-electron chi connectivity index (χ3n) is 4.48. The molecule has 0 radical (unpaired) electrons. The van der Waals surface area contributed by atoms with Crippen molar-refractivity contribution in [2.45, 2.75) is 38.5 Å². The molecule has 3 amide bonds. The summed E-state index contributed by atoms with van der Waals surface area (Å²) in [7, 11) is 0. The van der Waals surface area contributed by atoms with Crippen molar-refractivity contribution < 1.29 is 14.4 Å². The zero-order valence-corrected chi connectivity index (χ0v) is 14.4. The number of carbonyl (C=O) groups excluding carboxylic acids is 3. The number of thiazole rings is 1. The van der Waals surface area contributed by atoms with E-state index >= 15 is 0 Å². The molecule has 1 aromatic heterocycles. The summed E-state index contributed by atoms with van der Waals surface area (Å²) in [4.78, 5) is 43.2. The lowest BCUT2D eigenvalue weighted by atomic mass is 10.0. The first-order valence-electron chi connectivity index (χ1n) is 8.37. The van der Waals surface area contributed by atoms with Crippen LogP contribution in [0.4, 0.5) is 10.8 Å². The van der Waals surface area contributed by atoms with Crippen molar-refractivity contribution in [3.05, 3.63) is 40.4 Å². The molecular formula is C18H17N3O3S. The predicted octanol–water partition coefficient (Wildman–Crippen LogP) is 2.93. The molecule has 2 aliphatic rings. The Morgan fingerprint density at radius 1 is 1.08 bits per heavy atom. The molecule has 128 valence electrons. The van der Waals surface area contributed by atoms with Gasteiger partial charge in [0.25, 0.3) is 5.91 Å². The number of hydrogen-bond acceptors (Lipinski definition) is 5. The summed E-state index contributed by atoms with van der Waals surface area (Å²) >= 11 is 1.53. The Morgan fingerprint density at radius 2 is 1.84 bits per heavy atom. The lowest BCUT2D eigenvalue weighted by Gasteiger charge is -2.14. The zero-order valence-electron chi connectivity index (χ0n) is 13.6. The number of aromatic nitrogens is 1. The van der Waals surface area contributed by atoms with Crippen LogP contribution in [0.2, 0.25) is 0 Å². The summed E-state index contributed by atoms with van der Waals surface area (Å²) in [6.07, 6.45) is 4.75. The number of nitrogens with zero attached hydrogens (tertiary/aromatic N) is 2. The van der Waals surface area contributed by atoms with Crippen molar-refractivity contribution in [3.8, 4) is 0 Å². The normalized spacial score (nSPS) is 16.9. The number of amides is 3. The fourth-order valence-electron chi connectivity index (χ4n) is 3.23. The molecule has 1 saturated heterocycles. The van der Waals surface area contributed by atoms with Crippen LogP contribution in [0.1, 0.15) is 46.6 Å². The van der Waals surface area contributed by atoms with E-state index in [1.54, 1.807) is 24.3 Å². The molecule has 4 rings (SSSR count). The minimum Gasteiger partial charge on any atom is -0.298 e. The second-order valence-electron chi connectivity index (χ2n) is 6.22. The van der Waals surface area contributed by atoms with Crippen LogP contribution in [0.25, 0.3) is 0 Å². The van der Waals surface area contributed by atoms with Crippen molar-refractivity contribution in [3.63, 3.8) is 0 Å². The SMILES string of the molecule is O=C(Nc1nc2c(s1)CCCC2)c1cccc(N2C(=O)CCC2=O)c1. The van der Waals surface area contributed by atoms with Crippen molar-refractivity contribution >= 4 is 39.9 Å². The Labute approximate surface area is 148 Å². The van der Waals surface area contributed by atoms with Gasteiger partial charge in [0.05, 0.1) is 11.4 Å². The van der Waals surface area contributed by atoms with Crippen molar-refractivity contribution in [1.82, 2.24) is 4.98 Å². The third kappa shape index (κ3) is 3.07. The van der Waals surface area contributed by atoms with Crippen molar-refractivity contribution in [2.24, 2.45) is 0 Å². The highest BCUT2D eigenvalue weighted by molar-refractivity contribution is 7.15.